The summed E-state index contributed by atoms with van der Waals surface area (Å²) >= 11 is 0. The summed E-state index contributed by atoms with van der Waals surface area (Å²) in [5.74, 6) is 0.866. The topological polar surface area (TPSA) is 57.6 Å². The number of ether oxygens (including phenoxy) is 1. The maximum Gasteiger partial charge on any atom is 0.127 e. The van der Waals surface area contributed by atoms with E-state index in [1.54, 1.807) is 6.20 Å². The summed E-state index contributed by atoms with van der Waals surface area (Å²) in [4.78, 5) is 6.33. The summed E-state index contributed by atoms with van der Waals surface area (Å²) in [6, 6.07) is 3.97. The first-order chi connectivity index (χ1) is 9.13. The molecule has 0 bridgehead atoms. The van der Waals surface area contributed by atoms with Gasteiger partial charge in [0.05, 0.1) is 5.60 Å². The fourth-order valence-corrected chi connectivity index (χ4v) is 2.38. The minimum Gasteiger partial charge on any atom is -0.388 e. The SMILES string of the molecule is CCNc1cc(N(C)CC2(O)CCOCC2)ccn1. The van der Waals surface area contributed by atoms with Crippen molar-refractivity contribution in [3.8, 4) is 0 Å². The van der Waals surface area contributed by atoms with Crippen LogP contribution in [-0.2, 0) is 4.74 Å². The first kappa shape index (κ1) is 14.1. The number of rotatable bonds is 5. The monoisotopic (exact) mass is 265 g/mol. The van der Waals surface area contributed by atoms with Gasteiger partial charge in [0.2, 0.25) is 0 Å². The van der Waals surface area contributed by atoms with Crippen molar-refractivity contribution in [2.45, 2.75) is 25.4 Å². The van der Waals surface area contributed by atoms with E-state index in [1.807, 2.05) is 26.1 Å². The molecule has 0 atom stereocenters. The zero-order valence-electron chi connectivity index (χ0n) is 11.7. The Morgan fingerprint density at radius 3 is 2.89 bits per heavy atom. The van der Waals surface area contributed by atoms with Crippen LogP contribution in [0.25, 0.3) is 0 Å². The largest absolute Gasteiger partial charge is 0.388 e. The molecule has 2 heterocycles. The van der Waals surface area contributed by atoms with Crippen LogP contribution < -0.4 is 10.2 Å². The molecule has 1 aliphatic rings. The van der Waals surface area contributed by atoms with E-state index in [0.29, 0.717) is 32.6 Å². The Hall–Kier alpha value is -1.33. The van der Waals surface area contributed by atoms with Crippen molar-refractivity contribution in [1.82, 2.24) is 4.98 Å². The molecule has 1 fully saturated rings. The van der Waals surface area contributed by atoms with Crippen LogP contribution in [0.3, 0.4) is 0 Å². The van der Waals surface area contributed by atoms with E-state index in [9.17, 15) is 5.11 Å². The predicted octanol–water partition coefficient (Wildman–Crippen LogP) is 1.49. The van der Waals surface area contributed by atoms with Crippen LogP contribution in [-0.4, -0.2) is 49.0 Å². The van der Waals surface area contributed by atoms with Crippen molar-refractivity contribution in [2.75, 3.05) is 43.6 Å². The van der Waals surface area contributed by atoms with Crippen molar-refractivity contribution in [3.63, 3.8) is 0 Å². The highest BCUT2D eigenvalue weighted by molar-refractivity contribution is 5.53. The van der Waals surface area contributed by atoms with E-state index >= 15 is 0 Å². The number of pyridine rings is 1. The first-order valence-corrected chi connectivity index (χ1v) is 6.84. The highest BCUT2D eigenvalue weighted by atomic mass is 16.5. The number of hydrogen-bond donors (Lipinski definition) is 2. The second-order valence-corrected chi connectivity index (χ2v) is 5.12. The van der Waals surface area contributed by atoms with E-state index in [4.69, 9.17) is 4.74 Å². The highest BCUT2D eigenvalue weighted by Gasteiger charge is 2.31. The predicted molar refractivity (Wildman–Crippen MR) is 76.7 cm³/mol. The molecule has 1 aliphatic heterocycles. The normalized spacial score (nSPS) is 18.1. The number of anilines is 2. The Kier molecular flexibility index (Phi) is 4.61. The van der Waals surface area contributed by atoms with Crippen LogP contribution in [0.2, 0.25) is 0 Å². The molecule has 0 unspecified atom stereocenters. The summed E-state index contributed by atoms with van der Waals surface area (Å²) in [5, 5.41) is 13.7. The molecule has 1 saturated heterocycles. The lowest BCUT2D eigenvalue weighted by molar-refractivity contribution is -0.0572. The summed E-state index contributed by atoms with van der Waals surface area (Å²) in [7, 11) is 2.00. The lowest BCUT2D eigenvalue weighted by Crippen LogP contribution is -2.45. The molecule has 0 aliphatic carbocycles. The van der Waals surface area contributed by atoms with Gasteiger partial charge in [-0.2, -0.15) is 0 Å². The Balaban J connectivity index is 2.02. The van der Waals surface area contributed by atoms with Crippen LogP contribution in [0.1, 0.15) is 19.8 Å². The third-order valence-electron chi connectivity index (χ3n) is 3.50. The fraction of sp³-hybridized carbons (Fsp3) is 0.643. The van der Waals surface area contributed by atoms with E-state index < -0.39 is 5.60 Å². The van der Waals surface area contributed by atoms with Gasteiger partial charge in [-0.1, -0.05) is 0 Å². The molecule has 0 amide bonds. The zero-order chi connectivity index (χ0) is 13.7. The second kappa shape index (κ2) is 6.21. The summed E-state index contributed by atoms with van der Waals surface area (Å²) in [6.07, 6.45) is 3.18. The number of aromatic nitrogens is 1. The average molecular weight is 265 g/mol. The fourth-order valence-electron chi connectivity index (χ4n) is 2.38. The number of likely N-dealkylation sites (N-methyl/N-ethyl adjacent to an activating group) is 1. The Morgan fingerprint density at radius 1 is 1.47 bits per heavy atom. The maximum atomic E-state index is 10.5. The molecule has 0 saturated carbocycles. The highest BCUT2D eigenvalue weighted by Crippen LogP contribution is 2.24. The van der Waals surface area contributed by atoms with Gasteiger partial charge in [-0.3, -0.25) is 0 Å². The first-order valence-electron chi connectivity index (χ1n) is 6.84. The maximum absolute atomic E-state index is 10.5. The summed E-state index contributed by atoms with van der Waals surface area (Å²) < 4.78 is 5.30. The molecule has 1 aromatic heterocycles. The van der Waals surface area contributed by atoms with Crippen LogP contribution in [0, 0.1) is 0 Å². The van der Waals surface area contributed by atoms with Gasteiger partial charge in [0.15, 0.2) is 0 Å². The molecule has 2 rings (SSSR count). The number of nitrogens with zero attached hydrogens (tertiary/aromatic N) is 2. The molecule has 0 spiro atoms. The van der Waals surface area contributed by atoms with Crippen molar-refractivity contribution >= 4 is 11.5 Å². The molecular weight excluding hydrogens is 242 g/mol. The number of nitrogens with one attached hydrogen (secondary N) is 1. The van der Waals surface area contributed by atoms with Crippen LogP contribution in [0.5, 0.6) is 0 Å². The van der Waals surface area contributed by atoms with Gasteiger partial charge < -0.3 is 20.1 Å². The standard InChI is InChI=1S/C14H23N3O2/c1-3-15-13-10-12(4-7-16-13)17(2)11-14(18)5-8-19-9-6-14/h4,7,10,18H,3,5-6,8-9,11H2,1-2H3,(H,15,16). The quantitative estimate of drug-likeness (QED) is 0.845. The molecular formula is C14H23N3O2. The van der Waals surface area contributed by atoms with Crippen LogP contribution >= 0.6 is 0 Å². The van der Waals surface area contributed by atoms with Gasteiger partial charge in [-0.05, 0) is 13.0 Å². The van der Waals surface area contributed by atoms with E-state index in [2.05, 4.69) is 15.2 Å². The lowest BCUT2D eigenvalue weighted by Gasteiger charge is -2.36. The molecule has 5 nitrogen and oxygen atoms in total. The van der Waals surface area contributed by atoms with Crippen LogP contribution in [0.4, 0.5) is 11.5 Å². The van der Waals surface area contributed by atoms with E-state index in [1.165, 1.54) is 0 Å². The third kappa shape index (κ3) is 3.81. The second-order valence-electron chi connectivity index (χ2n) is 5.12. The van der Waals surface area contributed by atoms with Crippen molar-refractivity contribution in [1.29, 1.82) is 0 Å². The minimum absolute atomic E-state index is 0.617. The van der Waals surface area contributed by atoms with Gasteiger partial charge in [0.25, 0.3) is 0 Å². The average Bonchev–Trinajstić information content (AvgIpc) is 2.40. The van der Waals surface area contributed by atoms with Crippen molar-refractivity contribution in [2.24, 2.45) is 0 Å². The molecule has 19 heavy (non-hydrogen) atoms. The number of hydrogen-bond acceptors (Lipinski definition) is 5. The van der Waals surface area contributed by atoms with Gasteiger partial charge in [0.1, 0.15) is 5.82 Å². The molecule has 2 N–H and O–H groups in total. The smallest absolute Gasteiger partial charge is 0.127 e. The van der Waals surface area contributed by atoms with E-state index in [0.717, 1.165) is 18.1 Å². The third-order valence-corrected chi connectivity index (χ3v) is 3.50. The van der Waals surface area contributed by atoms with Crippen molar-refractivity contribution < 1.29 is 9.84 Å². The zero-order valence-corrected chi connectivity index (χ0v) is 11.7. The molecule has 5 heteroatoms. The molecule has 106 valence electrons. The number of aliphatic hydroxyl groups is 1. The van der Waals surface area contributed by atoms with Gasteiger partial charge in [-0.15, -0.1) is 0 Å². The van der Waals surface area contributed by atoms with Gasteiger partial charge in [0, 0.05) is 64.1 Å². The Labute approximate surface area is 114 Å². The minimum atomic E-state index is -0.644. The van der Waals surface area contributed by atoms with Crippen LogP contribution in [0.15, 0.2) is 18.3 Å². The Morgan fingerprint density at radius 2 is 2.21 bits per heavy atom. The lowest BCUT2D eigenvalue weighted by atomic mass is 9.94. The Bertz CT molecular complexity index is 405. The molecule has 0 aromatic carbocycles. The molecule has 0 radical (unpaired) electrons. The summed E-state index contributed by atoms with van der Waals surface area (Å²) in [5.41, 5.74) is 0.417. The molecule has 1 aromatic rings. The van der Waals surface area contributed by atoms with Gasteiger partial charge in [-0.25, -0.2) is 4.98 Å². The van der Waals surface area contributed by atoms with Crippen molar-refractivity contribution in [3.05, 3.63) is 18.3 Å². The summed E-state index contributed by atoms with van der Waals surface area (Å²) in [6.45, 7) is 4.79. The van der Waals surface area contributed by atoms with E-state index in [-0.39, 0.29) is 0 Å². The van der Waals surface area contributed by atoms with Gasteiger partial charge >= 0.3 is 0 Å².